The zero-order valence-corrected chi connectivity index (χ0v) is 13.5. The molecule has 0 radical (unpaired) electrons. The van der Waals surface area contributed by atoms with Gasteiger partial charge in [0, 0.05) is 36.2 Å². The first-order chi connectivity index (χ1) is 11.2. The molecule has 3 heterocycles. The van der Waals surface area contributed by atoms with Crippen molar-refractivity contribution in [2.75, 3.05) is 20.3 Å². The van der Waals surface area contributed by atoms with Gasteiger partial charge in [-0.2, -0.15) is 4.98 Å². The second-order valence-electron chi connectivity index (χ2n) is 5.92. The first-order valence-electron chi connectivity index (χ1n) is 7.73. The highest BCUT2D eigenvalue weighted by atomic mass is 16.5. The number of methoxy groups -OCH3 is 1. The van der Waals surface area contributed by atoms with Crippen molar-refractivity contribution < 1.29 is 14.0 Å². The number of rotatable bonds is 3. The molecule has 1 aliphatic rings. The minimum Gasteiger partial charge on any atom is -0.497 e. The minimum absolute atomic E-state index is 0.234. The van der Waals surface area contributed by atoms with Crippen LogP contribution in [0.4, 0.5) is 0 Å². The zero-order valence-electron chi connectivity index (χ0n) is 13.5. The number of aryl methyl sites for hydroxylation is 1. The molecule has 6 nitrogen and oxygen atoms in total. The van der Waals surface area contributed by atoms with Gasteiger partial charge in [-0.15, -0.1) is 0 Å². The Kier molecular flexibility index (Phi) is 3.34. The first kappa shape index (κ1) is 14.3. The monoisotopic (exact) mass is 313 g/mol. The number of benzene rings is 1. The molecule has 1 saturated heterocycles. The molecule has 6 heteroatoms. The van der Waals surface area contributed by atoms with Crippen molar-refractivity contribution in [3.8, 4) is 17.2 Å². The SMILES string of the molecule is COc1ccc2c(c1)c(-c1nc([C@H]3CCOC3)no1)c(C)n2C. The van der Waals surface area contributed by atoms with Gasteiger partial charge in [-0.1, -0.05) is 5.16 Å². The quantitative estimate of drug-likeness (QED) is 0.743. The normalized spacial score (nSPS) is 18.0. The van der Waals surface area contributed by atoms with E-state index in [9.17, 15) is 0 Å². The van der Waals surface area contributed by atoms with E-state index < -0.39 is 0 Å². The Morgan fingerprint density at radius 2 is 2.22 bits per heavy atom. The molecule has 120 valence electrons. The van der Waals surface area contributed by atoms with Crippen LogP contribution in [0.5, 0.6) is 5.75 Å². The number of hydrogen-bond acceptors (Lipinski definition) is 5. The maximum Gasteiger partial charge on any atom is 0.260 e. The standard InChI is InChI=1S/C17H19N3O3/c1-10-15(13-8-12(21-3)4-5-14(13)20(10)2)17-18-16(19-23-17)11-6-7-22-9-11/h4-5,8,11H,6-7,9H2,1-3H3/t11-/m0/s1. The number of nitrogens with zero attached hydrogens (tertiary/aromatic N) is 3. The minimum atomic E-state index is 0.234. The van der Waals surface area contributed by atoms with E-state index >= 15 is 0 Å². The van der Waals surface area contributed by atoms with Crippen LogP contribution in [0, 0.1) is 6.92 Å². The van der Waals surface area contributed by atoms with Gasteiger partial charge < -0.3 is 18.6 Å². The molecule has 0 saturated carbocycles. The molecule has 3 aromatic rings. The molecule has 1 aromatic carbocycles. The summed E-state index contributed by atoms with van der Waals surface area (Å²) in [4.78, 5) is 4.63. The second kappa shape index (κ2) is 5.38. The summed E-state index contributed by atoms with van der Waals surface area (Å²) in [6.07, 6.45) is 0.946. The summed E-state index contributed by atoms with van der Waals surface area (Å²) in [7, 11) is 3.71. The highest BCUT2D eigenvalue weighted by Crippen LogP contribution is 2.36. The van der Waals surface area contributed by atoms with Gasteiger partial charge in [0.15, 0.2) is 5.82 Å². The second-order valence-corrected chi connectivity index (χ2v) is 5.92. The molecule has 2 aromatic heterocycles. The van der Waals surface area contributed by atoms with Gasteiger partial charge in [0.25, 0.3) is 5.89 Å². The third-order valence-electron chi connectivity index (χ3n) is 4.65. The lowest BCUT2D eigenvalue weighted by Gasteiger charge is -2.00. The Labute approximate surface area is 134 Å². The lowest BCUT2D eigenvalue weighted by molar-refractivity contribution is 0.192. The van der Waals surface area contributed by atoms with Crippen molar-refractivity contribution in [3.63, 3.8) is 0 Å². The van der Waals surface area contributed by atoms with Gasteiger partial charge in [0.2, 0.25) is 0 Å². The van der Waals surface area contributed by atoms with Crippen LogP contribution in [0.15, 0.2) is 22.7 Å². The Hall–Kier alpha value is -2.34. The summed E-state index contributed by atoms with van der Waals surface area (Å²) in [5, 5.41) is 5.23. The number of hydrogen-bond donors (Lipinski definition) is 0. The van der Waals surface area contributed by atoms with Gasteiger partial charge >= 0.3 is 0 Å². The Bertz CT molecular complexity index is 859. The third-order valence-corrected chi connectivity index (χ3v) is 4.65. The van der Waals surface area contributed by atoms with Crippen LogP contribution in [-0.2, 0) is 11.8 Å². The van der Waals surface area contributed by atoms with Crippen LogP contribution in [0.25, 0.3) is 22.4 Å². The Morgan fingerprint density at radius 3 is 2.96 bits per heavy atom. The van der Waals surface area contributed by atoms with Crippen molar-refractivity contribution in [1.82, 2.24) is 14.7 Å². The van der Waals surface area contributed by atoms with Crippen LogP contribution in [-0.4, -0.2) is 35.0 Å². The van der Waals surface area contributed by atoms with Crippen molar-refractivity contribution >= 4 is 10.9 Å². The predicted octanol–water partition coefficient (Wildman–Crippen LogP) is 3.05. The predicted molar refractivity (Wildman–Crippen MR) is 85.7 cm³/mol. The molecule has 0 amide bonds. The number of aromatic nitrogens is 3. The fourth-order valence-electron chi connectivity index (χ4n) is 3.19. The highest BCUT2D eigenvalue weighted by Gasteiger charge is 2.25. The van der Waals surface area contributed by atoms with Crippen LogP contribution in [0.2, 0.25) is 0 Å². The first-order valence-corrected chi connectivity index (χ1v) is 7.73. The summed E-state index contributed by atoms with van der Waals surface area (Å²) in [6.45, 7) is 3.49. The van der Waals surface area contributed by atoms with Crippen molar-refractivity contribution in [2.24, 2.45) is 7.05 Å². The summed E-state index contributed by atoms with van der Waals surface area (Å²) >= 11 is 0. The molecule has 1 fully saturated rings. The summed E-state index contributed by atoms with van der Waals surface area (Å²) in [6, 6.07) is 6.02. The lowest BCUT2D eigenvalue weighted by atomic mass is 10.1. The summed E-state index contributed by atoms with van der Waals surface area (Å²) in [5.74, 6) is 2.34. The van der Waals surface area contributed by atoms with Gasteiger partial charge in [0.1, 0.15) is 5.75 Å². The third kappa shape index (κ3) is 2.21. The number of ether oxygens (including phenoxy) is 2. The van der Waals surface area contributed by atoms with E-state index in [0.29, 0.717) is 12.5 Å². The van der Waals surface area contributed by atoms with Crippen molar-refractivity contribution in [2.45, 2.75) is 19.3 Å². The topological polar surface area (TPSA) is 62.3 Å². The van der Waals surface area contributed by atoms with Gasteiger partial charge in [-0.25, -0.2) is 0 Å². The van der Waals surface area contributed by atoms with Gasteiger partial charge in [-0.3, -0.25) is 0 Å². The van der Waals surface area contributed by atoms with Crippen molar-refractivity contribution in [3.05, 3.63) is 29.7 Å². The van der Waals surface area contributed by atoms with E-state index in [1.165, 1.54) is 0 Å². The average Bonchev–Trinajstić information content (AvgIpc) is 3.28. The van der Waals surface area contributed by atoms with Crippen LogP contribution in [0.1, 0.15) is 23.9 Å². The summed E-state index contributed by atoms with van der Waals surface area (Å²) < 4.78 is 18.5. The molecule has 0 aliphatic carbocycles. The van der Waals surface area contributed by atoms with E-state index in [1.807, 2.05) is 25.2 Å². The van der Waals surface area contributed by atoms with Gasteiger partial charge in [-0.05, 0) is 31.5 Å². The maximum atomic E-state index is 5.57. The fraction of sp³-hybridized carbons (Fsp3) is 0.412. The fourth-order valence-corrected chi connectivity index (χ4v) is 3.19. The molecule has 0 spiro atoms. The molecular formula is C17H19N3O3. The molecule has 23 heavy (non-hydrogen) atoms. The van der Waals surface area contributed by atoms with Gasteiger partial charge in [0.05, 0.1) is 19.3 Å². The van der Waals surface area contributed by atoms with Crippen LogP contribution >= 0.6 is 0 Å². The molecular weight excluding hydrogens is 294 g/mol. The Morgan fingerprint density at radius 1 is 1.35 bits per heavy atom. The largest absolute Gasteiger partial charge is 0.497 e. The Balaban J connectivity index is 1.86. The van der Waals surface area contributed by atoms with Crippen LogP contribution < -0.4 is 4.74 Å². The highest BCUT2D eigenvalue weighted by molar-refractivity contribution is 5.96. The summed E-state index contributed by atoms with van der Waals surface area (Å²) in [5.41, 5.74) is 3.17. The smallest absolute Gasteiger partial charge is 0.260 e. The van der Waals surface area contributed by atoms with E-state index in [1.54, 1.807) is 7.11 Å². The zero-order chi connectivity index (χ0) is 16.0. The molecule has 4 rings (SSSR count). The van der Waals surface area contributed by atoms with E-state index in [-0.39, 0.29) is 5.92 Å². The molecule has 1 atom stereocenters. The van der Waals surface area contributed by atoms with E-state index in [2.05, 4.69) is 21.6 Å². The molecule has 0 bridgehead atoms. The van der Waals surface area contributed by atoms with E-state index in [4.69, 9.17) is 14.0 Å². The van der Waals surface area contributed by atoms with Crippen LogP contribution in [0.3, 0.4) is 0 Å². The molecule has 0 unspecified atom stereocenters. The van der Waals surface area contributed by atoms with E-state index in [0.717, 1.165) is 46.8 Å². The maximum absolute atomic E-state index is 5.57. The van der Waals surface area contributed by atoms with Crippen molar-refractivity contribution in [1.29, 1.82) is 0 Å². The average molecular weight is 313 g/mol. The molecule has 1 aliphatic heterocycles. The molecule has 0 N–H and O–H groups in total. The number of fused-ring (bicyclic) bond motifs is 1. The lowest BCUT2D eigenvalue weighted by Crippen LogP contribution is -1.99.